The molecular formula is C43H50F3N5O4Si. The summed E-state index contributed by atoms with van der Waals surface area (Å²) in [4.78, 5) is 18.8. The zero-order valence-electron chi connectivity index (χ0n) is 33.0. The Labute approximate surface area is 327 Å². The standard InChI is InChI=1S/C43H50F3N5O4Si/c1-24(2)56(25(3)4,26(5)6)15-10-31-33(45)9-8-27-16-30(52)17-32(34(27)31)37-36(46)38-35-39(51-29-19-43(51,12-14-53-21-29)23-54-40(35)47-37)49-41(48-38)55-22-42-11-7-13-50(42)20-28(44)18-42/h8-9,16-17,24-26,28-29,52H,7,11-14,18-23H2,1-6H3/t28-,29?,42+,43?/m1/s1. The molecule has 296 valence electrons. The lowest BCUT2D eigenvalue weighted by atomic mass is 9.77. The number of rotatable bonds is 7. The van der Waals surface area contributed by atoms with Crippen molar-refractivity contribution in [2.24, 2.45) is 0 Å². The number of anilines is 1. The molecular weight excluding hydrogens is 736 g/mol. The highest BCUT2D eigenvalue weighted by molar-refractivity contribution is 6.90. The molecule has 13 heteroatoms. The third kappa shape index (κ3) is 5.60. The number of phenolic OH excluding ortho intramolecular Hbond substituents is 1. The average Bonchev–Trinajstić information content (AvgIpc) is 3.44. The normalized spacial score (nSPS) is 25.8. The zero-order valence-corrected chi connectivity index (χ0v) is 34.0. The molecule has 1 N–H and O–H groups in total. The van der Waals surface area contributed by atoms with Crippen molar-refractivity contribution >= 4 is 35.6 Å². The van der Waals surface area contributed by atoms with Gasteiger partial charge in [-0.1, -0.05) is 53.5 Å². The molecule has 4 fully saturated rings. The second-order valence-corrected chi connectivity index (χ2v) is 23.3. The molecule has 2 bridgehead atoms. The van der Waals surface area contributed by atoms with Gasteiger partial charge in [-0.25, -0.2) is 18.2 Å². The molecule has 0 radical (unpaired) electrons. The van der Waals surface area contributed by atoms with Crippen LogP contribution in [0.2, 0.25) is 16.6 Å². The van der Waals surface area contributed by atoms with E-state index in [0.717, 1.165) is 25.8 Å². The van der Waals surface area contributed by atoms with E-state index in [1.807, 2.05) is 0 Å². The first kappa shape index (κ1) is 37.5. The molecule has 0 spiro atoms. The Balaban J connectivity index is 1.25. The van der Waals surface area contributed by atoms with Crippen LogP contribution in [0.5, 0.6) is 17.6 Å². The molecule has 0 aliphatic carbocycles. The number of benzene rings is 2. The predicted octanol–water partition coefficient (Wildman–Crippen LogP) is 8.48. The largest absolute Gasteiger partial charge is 0.508 e. The summed E-state index contributed by atoms with van der Waals surface area (Å²) in [7, 11) is -2.31. The average molecular weight is 786 g/mol. The molecule has 4 aromatic rings. The molecule has 9 nitrogen and oxygen atoms in total. The molecule has 2 unspecified atom stereocenters. The van der Waals surface area contributed by atoms with Crippen molar-refractivity contribution in [3.05, 3.63) is 41.5 Å². The second-order valence-electron chi connectivity index (χ2n) is 17.7. The van der Waals surface area contributed by atoms with Gasteiger partial charge in [0.1, 0.15) is 61.4 Å². The molecule has 4 saturated heterocycles. The van der Waals surface area contributed by atoms with Crippen molar-refractivity contribution in [2.75, 3.05) is 44.4 Å². The minimum atomic E-state index is -2.31. The summed E-state index contributed by atoms with van der Waals surface area (Å²) in [5.74, 6) is 2.44. The van der Waals surface area contributed by atoms with Gasteiger partial charge in [0.05, 0.1) is 29.3 Å². The number of pyridine rings is 1. The number of hydrogen-bond donors (Lipinski definition) is 1. The van der Waals surface area contributed by atoms with Gasteiger partial charge < -0.3 is 24.2 Å². The van der Waals surface area contributed by atoms with Crippen molar-refractivity contribution < 1.29 is 32.5 Å². The summed E-state index contributed by atoms with van der Waals surface area (Å²) >= 11 is 0. The number of aromatic hydroxyl groups is 1. The smallest absolute Gasteiger partial charge is 0.319 e. The number of fused-ring (bicyclic) bond motifs is 2. The minimum absolute atomic E-state index is 0.0101. The fourth-order valence-corrected chi connectivity index (χ4v) is 16.4. The topological polar surface area (TPSA) is 93.1 Å². The molecule has 2 aromatic heterocycles. The van der Waals surface area contributed by atoms with Gasteiger partial charge in [0.15, 0.2) is 5.82 Å². The van der Waals surface area contributed by atoms with Gasteiger partial charge in [-0.2, -0.15) is 9.97 Å². The van der Waals surface area contributed by atoms with Crippen molar-refractivity contribution in [1.29, 1.82) is 0 Å². The Morgan fingerprint density at radius 2 is 1.80 bits per heavy atom. The molecule has 2 aromatic carbocycles. The SMILES string of the molecule is CC(C)[Si](C#Cc1c(F)ccc2cc(O)cc(-c3nc4c5c(nc(OC[C@@]67CCCN6C[C@H](F)C7)nc5c3F)N3C5COCCC3(CO4)C5)c12)(C(C)C)C(C)C. The number of halogens is 3. The number of nitrogens with zero attached hydrogens (tertiary/aromatic N) is 5. The number of hydrogen-bond acceptors (Lipinski definition) is 9. The van der Waals surface area contributed by atoms with E-state index < -0.39 is 37.0 Å². The van der Waals surface area contributed by atoms with Gasteiger partial charge in [0.25, 0.3) is 0 Å². The first-order valence-electron chi connectivity index (χ1n) is 20.2. The van der Waals surface area contributed by atoms with Crippen LogP contribution >= 0.6 is 0 Å². The molecule has 5 aliphatic rings. The van der Waals surface area contributed by atoms with Crippen molar-refractivity contribution in [2.45, 2.75) is 114 Å². The maximum atomic E-state index is 17.6. The molecule has 5 aliphatic heterocycles. The maximum Gasteiger partial charge on any atom is 0.319 e. The van der Waals surface area contributed by atoms with Crippen molar-refractivity contribution in [3.8, 4) is 40.4 Å². The number of ether oxygens (including phenoxy) is 3. The second kappa shape index (κ2) is 13.5. The van der Waals surface area contributed by atoms with Gasteiger partial charge >= 0.3 is 6.01 Å². The van der Waals surface area contributed by atoms with Gasteiger partial charge in [0.2, 0.25) is 5.88 Å². The van der Waals surface area contributed by atoms with Crippen LogP contribution in [-0.2, 0) is 4.74 Å². The highest BCUT2D eigenvalue weighted by atomic mass is 28.3. The van der Waals surface area contributed by atoms with E-state index in [1.54, 1.807) is 6.07 Å². The monoisotopic (exact) mass is 785 g/mol. The quantitative estimate of drug-likeness (QED) is 0.146. The van der Waals surface area contributed by atoms with E-state index in [9.17, 15) is 9.50 Å². The lowest BCUT2D eigenvalue weighted by Crippen LogP contribution is -2.69. The first-order valence-corrected chi connectivity index (χ1v) is 22.4. The summed E-state index contributed by atoms with van der Waals surface area (Å²) < 4.78 is 67.4. The Bertz CT molecular complexity index is 2290. The van der Waals surface area contributed by atoms with E-state index in [0.29, 0.717) is 71.2 Å². The Morgan fingerprint density at radius 1 is 1.02 bits per heavy atom. The van der Waals surface area contributed by atoms with Gasteiger partial charge in [-0.3, -0.25) is 4.90 Å². The summed E-state index contributed by atoms with van der Waals surface area (Å²) in [6, 6.07) is 5.83. The number of aromatic nitrogens is 3. The van der Waals surface area contributed by atoms with Crippen LogP contribution in [0, 0.1) is 23.1 Å². The van der Waals surface area contributed by atoms with E-state index >= 15 is 8.78 Å². The first-order chi connectivity index (χ1) is 26.8. The van der Waals surface area contributed by atoms with Crippen LogP contribution in [0.1, 0.15) is 79.2 Å². The summed E-state index contributed by atoms with van der Waals surface area (Å²) in [5.41, 5.74) is 3.73. The van der Waals surface area contributed by atoms with Crippen LogP contribution in [-0.4, -0.2) is 95.8 Å². The fourth-order valence-electron chi connectivity index (χ4n) is 11.2. The molecule has 0 amide bonds. The van der Waals surface area contributed by atoms with Crippen LogP contribution in [0.4, 0.5) is 19.0 Å². The molecule has 9 rings (SSSR count). The fraction of sp³-hybridized carbons (Fsp3) is 0.558. The lowest BCUT2D eigenvalue weighted by Gasteiger charge is -2.56. The number of alkyl halides is 1. The Kier molecular flexibility index (Phi) is 9.02. The minimum Gasteiger partial charge on any atom is -0.508 e. The third-order valence-corrected chi connectivity index (χ3v) is 20.0. The van der Waals surface area contributed by atoms with Crippen LogP contribution in [0.25, 0.3) is 32.9 Å². The van der Waals surface area contributed by atoms with E-state index in [1.165, 1.54) is 18.2 Å². The van der Waals surface area contributed by atoms with Gasteiger partial charge in [-0.05, 0) is 72.4 Å². The van der Waals surface area contributed by atoms with Crippen LogP contribution < -0.4 is 14.4 Å². The molecule has 0 saturated carbocycles. The zero-order chi connectivity index (χ0) is 39.3. The van der Waals surface area contributed by atoms with Crippen molar-refractivity contribution in [1.82, 2.24) is 19.9 Å². The molecule has 7 heterocycles. The maximum absolute atomic E-state index is 17.6. The Hall–Kier alpha value is -4.12. The summed E-state index contributed by atoms with van der Waals surface area (Å²) in [5, 5.41) is 12.2. The Morgan fingerprint density at radius 3 is 2.57 bits per heavy atom. The third-order valence-electron chi connectivity index (χ3n) is 13.7. The van der Waals surface area contributed by atoms with Crippen LogP contribution in [0.15, 0.2) is 24.3 Å². The molecule has 4 atom stereocenters. The van der Waals surface area contributed by atoms with Gasteiger partial charge in [0, 0.05) is 30.5 Å². The predicted molar refractivity (Wildman–Crippen MR) is 213 cm³/mol. The van der Waals surface area contributed by atoms with Crippen molar-refractivity contribution in [3.63, 3.8) is 0 Å². The lowest BCUT2D eigenvalue weighted by molar-refractivity contribution is 0.106. The highest BCUT2D eigenvalue weighted by Gasteiger charge is 2.57. The van der Waals surface area contributed by atoms with Crippen LogP contribution in [0.3, 0.4) is 0 Å². The van der Waals surface area contributed by atoms with E-state index in [4.69, 9.17) is 29.2 Å². The van der Waals surface area contributed by atoms with E-state index in [2.05, 4.69) is 62.8 Å². The van der Waals surface area contributed by atoms with Gasteiger partial charge in [-0.15, -0.1) is 5.54 Å². The summed E-state index contributed by atoms with van der Waals surface area (Å²) in [6.07, 6.45) is 2.65. The van der Waals surface area contributed by atoms with E-state index in [-0.39, 0.29) is 59.2 Å². The number of phenols is 1. The highest BCUT2D eigenvalue weighted by Crippen LogP contribution is 2.52. The summed E-state index contributed by atoms with van der Waals surface area (Å²) in [6.45, 7) is 15.8. The molecule has 56 heavy (non-hydrogen) atoms.